The first-order valence-corrected chi connectivity index (χ1v) is 16.3. The second kappa shape index (κ2) is 14.6. The van der Waals surface area contributed by atoms with Crippen molar-refractivity contribution in [1.82, 2.24) is 20.4 Å². The maximum absolute atomic E-state index is 13.8. The second-order valence-corrected chi connectivity index (χ2v) is 12.8. The summed E-state index contributed by atoms with van der Waals surface area (Å²) in [4.78, 5) is 30.1. The van der Waals surface area contributed by atoms with E-state index in [9.17, 15) is 14.7 Å². The van der Waals surface area contributed by atoms with E-state index in [1.54, 1.807) is 11.9 Å². The fraction of sp³-hybridized carbons (Fsp3) is 0.444. The van der Waals surface area contributed by atoms with E-state index >= 15 is 0 Å². The lowest BCUT2D eigenvalue weighted by molar-refractivity contribution is -0.123. The smallest absolute Gasteiger partial charge is 0.317 e. The maximum atomic E-state index is 13.8. The van der Waals surface area contributed by atoms with Crippen molar-refractivity contribution in [3.8, 4) is 0 Å². The Hall–Kier alpha value is -3.39. The monoisotopic (exact) mass is 616 g/mol. The zero-order valence-electron chi connectivity index (χ0n) is 25.7. The van der Waals surface area contributed by atoms with Crippen LogP contribution in [0, 0.1) is 0 Å². The quantitative estimate of drug-likeness (QED) is 0.273. The highest BCUT2D eigenvalue weighted by molar-refractivity contribution is 6.30. The van der Waals surface area contributed by atoms with Gasteiger partial charge in [-0.1, -0.05) is 84.4 Å². The van der Waals surface area contributed by atoms with E-state index in [-0.39, 0.29) is 18.0 Å². The van der Waals surface area contributed by atoms with Crippen LogP contribution in [0.3, 0.4) is 0 Å². The Morgan fingerprint density at radius 1 is 0.886 bits per heavy atom. The Balaban J connectivity index is 1.27. The first-order chi connectivity index (χ1) is 21.3. The number of hydrogen-bond acceptors (Lipinski definition) is 4. The highest BCUT2D eigenvalue weighted by Gasteiger charge is 2.38. The molecule has 0 bridgehead atoms. The van der Waals surface area contributed by atoms with Gasteiger partial charge in [-0.2, -0.15) is 0 Å². The molecule has 2 fully saturated rings. The predicted octanol–water partition coefficient (Wildman–Crippen LogP) is 5.70. The number of hydrogen-bond donors (Lipinski definition) is 3. The zero-order chi connectivity index (χ0) is 31.0. The zero-order valence-corrected chi connectivity index (χ0v) is 26.4. The average Bonchev–Trinajstić information content (AvgIpc) is 3.06. The molecule has 5 rings (SSSR count). The van der Waals surface area contributed by atoms with Crippen LogP contribution in [0.25, 0.3) is 0 Å². The third-order valence-corrected chi connectivity index (χ3v) is 9.87. The number of nitrogens with one attached hydrogen (secondary N) is 2. The molecule has 0 saturated carbocycles. The van der Waals surface area contributed by atoms with Crippen molar-refractivity contribution in [2.75, 3.05) is 39.8 Å². The number of carbonyl (C=O) groups excluding carboxylic acids is 2. The molecule has 0 aliphatic carbocycles. The van der Waals surface area contributed by atoms with Crippen molar-refractivity contribution >= 4 is 23.5 Å². The highest BCUT2D eigenvalue weighted by atomic mass is 35.5. The largest absolute Gasteiger partial charge is 0.385 e. The molecular formula is C36H45ClN4O3. The molecule has 2 aliphatic rings. The van der Waals surface area contributed by atoms with Crippen molar-refractivity contribution in [3.63, 3.8) is 0 Å². The maximum Gasteiger partial charge on any atom is 0.317 e. The minimum atomic E-state index is -0.826. The van der Waals surface area contributed by atoms with E-state index in [1.807, 2.05) is 36.4 Å². The predicted molar refractivity (Wildman–Crippen MR) is 176 cm³/mol. The van der Waals surface area contributed by atoms with Crippen LogP contribution in [-0.4, -0.2) is 72.7 Å². The summed E-state index contributed by atoms with van der Waals surface area (Å²) in [6.07, 6.45) is 4.95. The summed E-state index contributed by atoms with van der Waals surface area (Å²) in [5.74, 6) is 0.0436. The summed E-state index contributed by atoms with van der Waals surface area (Å²) < 4.78 is 0. The molecule has 3 amide bonds. The number of benzene rings is 3. The molecule has 44 heavy (non-hydrogen) atoms. The fourth-order valence-corrected chi connectivity index (χ4v) is 7.13. The minimum Gasteiger partial charge on any atom is -0.385 e. The molecule has 0 atom stereocenters. The topological polar surface area (TPSA) is 84.9 Å². The molecular weight excluding hydrogens is 572 g/mol. The number of amides is 3. The Morgan fingerprint density at radius 3 is 2.00 bits per heavy atom. The van der Waals surface area contributed by atoms with Crippen molar-refractivity contribution in [2.24, 2.45) is 0 Å². The van der Waals surface area contributed by atoms with Crippen molar-refractivity contribution in [2.45, 2.75) is 62.0 Å². The number of piperidine rings is 2. The van der Waals surface area contributed by atoms with E-state index < -0.39 is 11.0 Å². The van der Waals surface area contributed by atoms with Crippen molar-refractivity contribution in [1.29, 1.82) is 0 Å². The van der Waals surface area contributed by atoms with Gasteiger partial charge >= 0.3 is 6.03 Å². The summed E-state index contributed by atoms with van der Waals surface area (Å²) >= 11 is 6.07. The molecule has 234 valence electrons. The Morgan fingerprint density at radius 2 is 1.45 bits per heavy atom. The normalized spacial score (nSPS) is 17.7. The molecule has 0 radical (unpaired) electrons. The molecule has 2 heterocycles. The lowest BCUT2D eigenvalue weighted by Crippen LogP contribution is -2.49. The SMILES string of the molecule is CNC(=O)N1CCC(NC(=O)CC(CCCN2CCC(O)(c3ccc(Cl)cc3)CC2)(c2ccccc2)c2ccccc2)CC1. The lowest BCUT2D eigenvalue weighted by Gasteiger charge is -2.40. The van der Waals surface area contributed by atoms with Crippen LogP contribution in [0.15, 0.2) is 84.9 Å². The fourth-order valence-electron chi connectivity index (χ4n) is 7.00. The van der Waals surface area contributed by atoms with Gasteiger partial charge in [-0.15, -0.1) is 0 Å². The molecule has 7 nitrogen and oxygen atoms in total. The van der Waals surface area contributed by atoms with Gasteiger partial charge in [-0.3, -0.25) is 4.79 Å². The van der Waals surface area contributed by atoms with E-state index in [4.69, 9.17) is 11.6 Å². The van der Waals surface area contributed by atoms with Crippen LogP contribution in [-0.2, 0) is 15.8 Å². The van der Waals surface area contributed by atoms with Gasteiger partial charge < -0.3 is 25.5 Å². The summed E-state index contributed by atoms with van der Waals surface area (Å²) in [7, 11) is 1.65. The van der Waals surface area contributed by atoms with Crippen LogP contribution >= 0.6 is 11.6 Å². The van der Waals surface area contributed by atoms with Gasteiger partial charge in [-0.05, 0) is 73.9 Å². The first-order valence-electron chi connectivity index (χ1n) is 15.9. The molecule has 0 spiro atoms. The van der Waals surface area contributed by atoms with Crippen LogP contribution in [0.5, 0.6) is 0 Å². The number of carbonyl (C=O) groups is 2. The highest BCUT2D eigenvalue weighted by Crippen LogP contribution is 2.41. The number of nitrogens with zero attached hydrogens (tertiary/aromatic N) is 2. The summed E-state index contributed by atoms with van der Waals surface area (Å²) in [5, 5.41) is 18.0. The van der Waals surface area contributed by atoms with Crippen LogP contribution in [0.4, 0.5) is 4.79 Å². The molecule has 0 aromatic heterocycles. The molecule has 2 saturated heterocycles. The van der Waals surface area contributed by atoms with Crippen molar-refractivity contribution in [3.05, 3.63) is 107 Å². The number of halogens is 1. The van der Waals surface area contributed by atoms with Gasteiger partial charge in [0.15, 0.2) is 0 Å². The summed E-state index contributed by atoms with van der Waals surface area (Å²) in [6, 6.07) is 28.4. The first kappa shape index (κ1) is 32.0. The minimum absolute atomic E-state index is 0.0436. The van der Waals surface area contributed by atoms with E-state index in [0.29, 0.717) is 37.4 Å². The second-order valence-electron chi connectivity index (χ2n) is 12.4. The van der Waals surface area contributed by atoms with Gasteiger partial charge in [0, 0.05) is 56.1 Å². The standard InChI is InChI=1S/C36H45ClN4O3/c1-38-34(43)41-23-17-32(18-24-41)39-33(42)27-35(28-9-4-2-5-10-28,29-11-6-3-7-12-29)19-8-22-40-25-20-36(44,21-26-40)30-13-15-31(37)16-14-30/h2-7,9-16,32,44H,8,17-27H2,1H3,(H,38,43)(H,39,42). The van der Waals surface area contributed by atoms with Gasteiger partial charge in [0.2, 0.25) is 5.91 Å². The Labute approximate surface area is 266 Å². The number of urea groups is 1. The molecule has 0 unspecified atom stereocenters. The number of aliphatic hydroxyl groups is 1. The average molecular weight is 617 g/mol. The molecule has 8 heteroatoms. The summed E-state index contributed by atoms with van der Waals surface area (Å²) in [5.41, 5.74) is 1.92. The summed E-state index contributed by atoms with van der Waals surface area (Å²) in [6.45, 7) is 3.81. The van der Waals surface area contributed by atoms with E-state index in [0.717, 1.165) is 62.0 Å². The van der Waals surface area contributed by atoms with E-state index in [2.05, 4.69) is 64.1 Å². The van der Waals surface area contributed by atoms with Gasteiger partial charge in [0.25, 0.3) is 0 Å². The van der Waals surface area contributed by atoms with Crippen LogP contribution in [0.1, 0.15) is 61.6 Å². The van der Waals surface area contributed by atoms with Crippen LogP contribution in [0.2, 0.25) is 5.02 Å². The molecule has 3 N–H and O–H groups in total. The van der Waals surface area contributed by atoms with Crippen molar-refractivity contribution < 1.29 is 14.7 Å². The Bertz CT molecular complexity index is 1310. The van der Waals surface area contributed by atoms with Crippen LogP contribution < -0.4 is 10.6 Å². The molecule has 2 aliphatic heterocycles. The molecule has 3 aromatic carbocycles. The van der Waals surface area contributed by atoms with E-state index in [1.165, 1.54) is 0 Å². The third kappa shape index (κ3) is 7.63. The van der Waals surface area contributed by atoms with Gasteiger partial charge in [0.05, 0.1) is 5.60 Å². The van der Waals surface area contributed by atoms with Gasteiger partial charge in [0.1, 0.15) is 0 Å². The lowest BCUT2D eigenvalue weighted by atomic mass is 9.68. The third-order valence-electron chi connectivity index (χ3n) is 9.62. The number of rotatable bonds is 10. The molecule has 3 aromatic rings. The Kier molecular flexibility index (Phi) is 10.6. The van der Waals surface area contributed by atoms with Gasteiger partial charge in [-0.25, -0.2) is 4.79 Å². The number of likely N-dealkylation sites (tertiary alicyclic amines) is 2.